The topological polar surface area (TPSA) is 72.8 Å². The number of alkyl halides is 3. The minimum absolute atomic E-state index is 0.0904. The molecule has 4 unspecified atom stereocenters. The molecule has 0 spiro atoms. The number of carbonyl (C=O) groups excluding carboxylic acids is 2. The van der Waals surface area contributed by atoms with E-state index in [0.29, 0.717) is 6.42 Å². The minimum atomic E-state index is -4.67. The smallest absolute Gasteiger partial charge is 0.405 e. The monoisotopic (exact) mass is 324 g/mol. The average molecular weight is 324 g/mol. The van der Waals surface area contributed by atoms with Gasteiger partial charge in [0.15, 0.2) is 5.41 Å². The van der Waals surface area contributed by atoms with Crippen molar-refractivity contribution in [2.45, 2.75) is 57.9 Å². The van der Waals surface area contributed by atoms with Crippen LogP contribution in [0.3, 0.4) is 0 Å². The summed E-state index contributed by atoms with van der Waals surface area (Å²) in [5.41, 5.74) is -3.58. The van der Waals surface area contributed by atoms with Crippen molar-refractivity contribution >= 4 is 11.9 Å². The van der Waals surface area contributed by atoms with Crippen LogP contribution in [0.15, 0.2) is 0 Å². The summed E-state index contributed by atoms with van der Waals surface area (Å²) in [6, 6.07) is 0. The molecule has 0 aromatic heterocycles. The second kappa shape index (κ2) is 5.40. The molecule has 2 bridgehead atoms. The van der Waals surface area contributed by atoms with Crippen LogP contribution in [0.5, 0.6) is 0 Å². The van der Waals surface area contributed by atoms with Gasteiger partial charge in [-0.2, -0.15) is 13.2 Å². The van der Waals surface area contributed by atoms with Crippen LogP contribution in [0.4, 0.5) is 13.2 Å². The molecule has 1 saturated heterocycles. The second-order valence-electron chi connectivity index (χ2n) is 6.28. The van der Waals surface area contributed by atoms with E-state index in [4.69, 9.17) is 9.47 Å². The molecule has 1 N–H and O–H groups in total. The molecule has 5 nitrogen and oxygen atoms in total. The van der Waals surface area contributed by atoms with Gasteiger partial charge < -0.3 is 14.6 Å². The fraction of sp³-hybridized carbons (Fsp3) is 0.857. The largest absolute Gasteiger partial charge is 0.458 e. The summed E-state index contributed by atoms with van der Waals surface area (Å²) < 4.78 is 49.4. The first-order valence-electron chi connectivity index (χ1n) is 7.19. The summed E-state index contributed by atoms with van der Waals surface area (Å²) in [6.07, 6.45) is -7.38. The summed E-state index contributed by atoms with van der Waals surface area (Å²) in [4.78, 5) is 23.7. The Morgan fingerprint density at radius 1 is 1.50 bits per heavy atom. The van der Waals surface area contributed by atoms with Crippen LogP contribution >= 0.6 is 0 Å². The SMILES string of the molecule is CCC(C)(CO)C(=O)OC1CCC2(C(F)(F)F)CC1OC2=O. The number of hydrogen-bond donors (Lipinski definition) is 1. The Balaban J connectivity index is 2.11. The van der Waals surface area contributed by atoms with E-state index in [-0.39, 0.29) is 6.42 Å². The Morgan fingerprint density at radius 2 is 2.14 bits per heavy atom. The number of esters is 2. The number of fused-ring (bicyclic) bond motifs is 2. The predicted molar refractivity (Wildman–Crippen MR) is 67.6 cm³/mol. The van der Waals surface area contributed by atoms with Crippen molar-refractivity contribution in [1.82, 2.24) is 0 Å². The van der Waals surface area contributed by atoms with Crippen molar-refractivity contribution in [2.24, 2.45) is 10.8 Å². The lowest BCUT2D eigenvalue weighted by molar-refractivity contribution is -0.227. The van der Waals surface area contributed by atoms with Crippen molar-refractivity contribution < 1.29 is 37.3 Å². The number of rotatable bonds is 4. The Morgan fingerprint density at radius 3 is 2.64 bits per heavy atom. The molecule has 8 heteroatoms. The molecule has 1 saturated carbocycles. The lowest BCUT2D eigenvalue weighted by Crippen LogP contribution is -2.47. The molecular weight excluding hydrogens is 305 g/mol. The maximum Gasteiger partial charge on any atom is 0.405 e. The van der Waals surface area contributed by atoms with E-state index in [9.17, 15) is 27.9 Å². The van der Waals surface area contributed by atoms with E-state index in [2.05, 4.69) is 0 Å². The van der Waals surface area contributed by atoms with E-state index in [1.165, 1.54) is 6.92 Å². The molecule has 0 aromatic rings. The molecule has 126 valence electrons. The number of aliphatic hydroxyl groups excluding tert-OH is 1. The normalized spacial score (nSPS) is 34.0. The molecule has 2 aliphatic rings. The molecule has 1 aliphatic carbocycles. The van der Waals surface area contributed by atoms with Crippen molar-refractivity contribution in [3.8, 4) is 0 Å². The van der Waals surface area contributed by atoms with Crippen molar-refractivity contribution in [3.63, 3.8) is 0 Å². The van der Waals surface area contributed by atoms with Crippen LogP contribution in [-0.2, 0) is 19.1 Å². The zero-order valence-corrected chi connectivity index (χ0v) is 12.4. The summed E-state index contributed by atoms with van der Waals surface area (Å²) in [7, 11) is 0. The minimum Gasteiger partial charge on any atom is -0.458 e. The standard InChI is InChI=1S/C14H19F3O5/c1-3-12(2,7-18)10(19)21-8-4-5-13(14(15,16)17)6-9(8)22-11(13)20/h8-9,18H,3-7H2,1-2H3. The molecule has 1 heterocycles. The zero-order chi connectivity index (χ0) is 16.8. The highest BCUT2D eigenvalue weighted by Crippen LogP contribution is 2.55. The van der Waals surface area contributed by atoms with E-state index in [0.717, 1.165) is 0 Å². The Hall–Kier alpha value is -1.31. The van der Waals surface area contributed by atoms with Crippen LogP contribution in [0.2, 0.25) is 0 Å². The van der Waals surface area contributed by atoms with Gasteiger partial charge in [-0.1, -0.05) is 6.92 Å². The first kappa shape index (κ1) is 17.1. The first-order chi connectivity index (χ1) is 10.1. The van der Waals surface area contributed by atoms with Gasteiger partial charge in [0.25, 0.3) is 0 Å². The van der Waals surface area contributed by atoms with Gasteiger partial charge in [0.2, 0.25) is 0 Å². The van der Waals surface area contributed by atoms with Crippen molar-refractivity contribution in [1.29, 1.82) is 0 Å². The Bertz CT molecular complexity index is 472. The number of aliphatic hydroxyl groups is 1. The van der Waals surface area contributed by atoms with Gasteiger partial charge in [0.1, 0.15) is 12.2 Å². The summed E-state index contributed by atoms with van der Waals surface area (Å²) in [5.74, 6) is -1.98. The van der Waals surface area contributed by atoms with Crippen LogP contribution in [-0.4, -0.2) is 42.0 Å². The van der Waals surface area contributed by atoms with Crippen LogP contribution in [0, 0.1) is 10.8 Å². The quantitative estimate of drug-likeness (QED) is 0.801. The van der Waals surface area contributed by atoms with E-state index < -0.39 is 60.6 Å². The molecule has 22 heavy (non-hydrogen) atoms. The highest BCUT2D eigenvalue weighted by Gasteiger charge is 2.69. The zero-order valence-electron chi connectivity index (χ0n) is 12.4. The van der Waals surface area contributed by atoms with Gasteiger partial charge in [0, 0.05) is 6.42 Å². The molecule has 0 amide bonds. The lowest BCUT2D eigenvalue weighted by Gasteiger charge is -2.35. The Labute approximate surface area is 125 Å². The molecule has 1 aliphatic heterocycles. The molecule has 4 atom stereocenters. The van der Waals surface area contributed by atoms with Crippen molar-refractivity contribution in [3.05, 3.63) is 0 Å². The van der Waals surface area contributed by atoms with Gasteiger partial charge in [-0.25, -0.2) is 0 Å². The van der Waals surface area contributed by atoms with E-state index >= 15 is 0 Å². The van der Waals surface area contributed by atoms with Crippen LogP contribution < -0.4 is 0 Å². The number of halogens is 3. The van der Waals surface area contributed by atoms with Crippen molar-refractivity contribution in [2.75, 3.05) is 6.61 Å². The number of carbonyl (C=O) groups is 2. The third-order valence-corrected chi connectivity index (χ3v) is 4.89. The van der Waals surface area contributed by atoms with Crippen LogP contribution in [0.25, 0.3) is 0 Å². The van der Waals surface area contributed by atoms with E-state index in [1.54, 1.807) is 6.92 Å². The second-order valence-corrected chi connectivity index (χ2v) is 6.28. The van der Waals surface area contributed by atoms with Gasteiger partial charge >= 0.3 is 18.1 Å². The molecular formula is C14H19F3O5. The van der Waals surface area contributed by atoms with E-state index in [1.807, 2.05) is 0 Å². The van der Waals surface area contributed by atoms with Crippen LogP contribution in [0.1, 0.15) is 39.5 Å². The van der Waals surface area contributed by atoms with Gasteiger partial charge in [-0.3, -0.25) is 9.59 Å². The van der Waals surface area contributed by atoms with Gasteiger partial charge in [-0.05, 0) is 26.2 Å². The fourth-order valence-electron chi connectivity index (χ4n) is 2.81. The lowest BCUT2D eigenvalue weighted by atomic mass is 9.73. The highest BCUT2D eigenvalue weighted by molar-refractivity contribution is 5.81. The summed E-state index contributed by atoms with van der Waals surface area (Å²) >= 11 is 0. The maximum absolute atomic E-state index is 13.1. The van der Waals surface area contributed by atoms with Gasteiger partial charge in [-0.15, -0.1) is 0 Å². The third kappa shape index (κ3) is 2.47. The first-order valence-corrected chi connectivity index (χ1v) is 7.19. The predicted octanol–water partition coefficient (Wildman–Crippen LogP) is 1.96. The maximum atomic E-state index is 13.1. The molecule has 0 radical (unpaired) electrons. The number of ether oxygens (including phenoxy) is 2. The fourth-order valence-corrected chi connectivity index (χ4v) is 2.81. The molecule has 2 fully saturated rings. The highest BCUT2D eigenvalue weighted by atomic mass is 19.4. The summed E-state index contributed by atoms with van der Waals surface area (Å²) in [5, 5.41) is 9.27. The average Bonchev–Trinajstić information content (AvgIpc) is 2.74. The summed E-state index contributed by atoms with van der Waals surface area (Å²) in [6.45, 7) is 2.79. The third-order valence-electron chi connectivity index (χ3n) is 4.89. The Kier molecular flexibility index (Phi) is 4.18. The number of hydrogen-bond acceptors (Lipinski definition) is 5. The molecule has 2 rings (SSSR count). The van der Waals surface area contributed by atoms with Gasteiger partial charge in [0.05, 0.1) is 12.0 Å². The molecule has 0 aromatic carbocycles.